The van der Waals surface area contributed by atoms with Gasteiger partial charge in [-0.3, -0.25) is 0 Å². The molecule has 0 saturated carbocycles. The van der Waals surface area contributed by atoms with Crippen LogP contribution in [-0.4, -0.2) is 38.9 Å². The fourth-order valence-electron chi connectivity index (χ4n) is 2.54. The minimum atomic E-state index is -3.40. The molecule has 1 aromatic rings. The van der Waals surface area contributed by atoms with E-state index in [4.69, 9.17) is 11.6 Å². The highest BCUT2D eigenvalue weighted by molar-refractivity contribution is 7.88. The Hall–Kier alpha value is -0.690. The van der Waals surface area contributed by atoms with E-state index in [0.717, 1.165) is 12.8 Å². The van der Waals surface area contributed by atoms with Crippen LogP contribution in [0.1, 0.15) is 18.4 Å². The molecule has 2 rings (SSSR count). The van der Waals surface area contributed by atoms with Crippen LogP contribution in [0, 0.1) is 5.82 Å². The van der Waals surface area contributed by atoms with E-state index in [-0.39, 0.29) is 16.8 Å². The number of halogens is 2. The first kappa shape index (κ1) is 15.7. The summed E-state index contributed by atoms with van der Waals surface area (Å²) in [5.74, 6) is -0.685. The Labute approximate surface area is 124 Å². The van der Waals surface area contributed by atoms with Crippen LogP contribution in [0.5, 0.6) is 0 Å². The van der Waals surface area contributed by atoms with Gasteiger partial charge in [0.25, 0.3) is 0 Å². The molecule has 4 nitrogen and oxygen atoms in total. The van der Waals surface area contributed by atoms with Gasteiger partial charge < -0.3 is 5.32 Å². The normalized spacial score (nSPS) is 20.4. The molecule has 0 bridgehead atoms. The van der Waals surface area contributed by atoms with Crippen LogP contribution < -0.4 is 5.32 Å². The number of benzene rings is 1. The summed E-state index contributed by atoms with van der Waals surface area (Å²) in [6.07, 6.45) is 1.74. The first-order valence-electron chi connectivity index (χ1n) is 6.52. The quantitative estimate of drug-likeness (QED) is 0.902. The maximum Gasteiger partial charge on any atom is 0.218 e. The molecule has 0 spiro atoms. The number of hydrogen-bond donors (Lipinski definition) is 1. The van der Waals surface area contributed by atoms with Crippen molar-refractivity contribution in [2.75, 3.05) is 20.1 Å². The number of nitrogens with one attached hydrogen (secondary N) is 1. The molecule has 1 aliphatic rings. The molecule has 1 N–H and O–H groups in total. The highest BCUT2D eigenvalue weighted by Gasteiger charge is 2.33. The van der Waals surface area contributed by atoms with Crippen molar-refractivity contribution in [2.45, 2.75) is 24.6 Å². The SMILES string of the molecule is CNCC1CCCN1S(=O)(=O)Cc1ccc(F)c(Cl)c1. The van der Waals surface area contributed by atoms with Crippen molar-refractivity contribution in [1.82, 2.24) is 9.62 Å². The van der Waals surface area contributed by atoms with Crippen molar-refractivity contribution < 1.29 is 12.8 Å². The van der Waals surface area contributed by atoms with Gasteiger partial charge >= 0.3 is 0 Å². The zero-order valence-electron chi connectivity index (χ0n) is 11.3. The lowest BCUT2D eigenvalue weighted by Gasteiger charge is -2.23. The summed E-state index contributed by atoms with van der Waals surface area (Å²) in [6.45, 7) is 1.19. The average molecular weight is 321 g/mol. The fraction of sp³-hybridized carbons (Fsp3) is 0.538. The van der Waals surface area contributed by atoms with Crippen molar-refractivity contribution in [2.24, 2.45) is 0 Å². The van der Waals surface area contributed by atoms with E-state index < -0.39 is 15.8 Å². The highest BCUT2D eigenvalue weighted by atomic mass is 35.5. The zero-order chi connectivity index (χ0) is 14.8. The molecule has 0 aliphatic carbocycles. The number of sulfonamides is 1. The molecule has 1 saturated heterocycles. The summed E-state index contributed by atoms with van der Waals surface area (Å²) in [6, 6.07) is 4.03. The van der Waals surface area contributed by atoms with Crippen LogP contribution in [0.3, 0.4) is 0 Å². The van der Waals surface area contributed by atoms with Crippen LogP contribution in [0.25, 0.3) is 0 Å². The van der Waals surface area contributed by atoms with E-state index in [0.29, 0.717) is 18.7 Å². The van der Waals surface area contributed by atoms with Gasteiger partial charge in [0.1, 0.15) is 5.82 Å². The van der Waals surface area contributed by atoms with Crippen LogP contribution in [0.15, 0.2) is 18.2 Å². The Morgan fingerprint density at radius 1 is 1.50 bits per heavy atom. The van der Waals surface area contributed by atoms with Crippen LogP contribution in [0.4, 0.5) is 4.39 Å². The first-order valence-corrected chi connectivity index (χ1v) is 8.51. The summed E-state index contributed by atoms with van der Waals surface area (Å²) in [5.41, 5.74) is 0.506. The Morgan fingerprint density at radius 3 is 2.90 bits per heavy atom. The summed E-state index contributed by atoms with van der Waals surface area (Å²) < 4.78 is 39.5. The van der Waals surface area contributed by atoms with Crippen molar-refractivity contribution in [3.63, 3.8) is 0 Å². The molecule has 0 amide bonds. The minimum absolute atomic E-state index is 0.000852. The van der Waals surface area contributed by atoms with Crippen LogP contribution >= 0.6 is 11.6 Å². The molecule has 7 heteroatoms. The van der Waals surface area contributed by atoms with Gasteiger partial charge in [-0.25, -0.2) is 12.8 Å². The largest absolute Gasteiger partial charge is 0.318 e. The van der Waals surface area contributed by atoms with Gasteiger partial charge in [0, 0.05) is 19.1 Å². The van der Waals surface area contributed by atoms with Crippen molar-refractivity contribution in [1.29, 1.82) is 0 Å². The predicted molar refractivity (Wildman–Crippen MR) is 77.7 cm³/mol. The molecule has 1 atom stereocenters. The summed E-state index contributed by atoms with van der Waals surface area (Å²) >= 11 is 5.69. The maximum atomic E-state index is 13.1. The third-order valence-corrected chi connectivity index (χ3v) is 5.64. The summed E-state index contributed by atoms with van der Waals surface area (Å²) in [4.78, 5) is 0. The molecule has 1 aromatic carbocycles. The van der Waals surface area contributed by atoms with Gasteiger partial charge in [-0.15, -0.1) is 0 Å². The third-order valence-electron chi connectivity index (χ3n) is 3.45. The highest BCUT2D eigenvalue weighted by Crippen LogP contribution is 2.24. The van der Waals surface area contributed by atoms with E-state index in [1.807, 2.05) is 7.05 Å². The smallest absolute Gasteiger partial charge is 0.218 e. The maximum absolute atomic E-state index is 13.1. The molecule has 112 valence electrons. The average Bonchev–Trinajstić information content (AvgIpc) is 2.83. The Morgan fingerprint density at radius 2 is 2.25 bits per heavy atom. The molecule has 1 aliphatic heterocycles. The van der Waals surface area contributed by atoms with Gasteiger partial charge in [0.05, 0.1) is 10.8 Å². The number of nitrogens with zero attached hydrogens (tertiary/aromatic N) is 1. The fourth-order valence-corrected chi connectivity index (χ4v) is 4.55. The molecule has 1 fully saturated rings. The summed E-state index contributed by atoms with van der Waals surface area (Å²) in [5, 5.41) is 2.97. The van der Waals surface area contributed by atoms with Crippen molar-refractivity contribution in [3.8, 4) is 0 Å². The lowest BCUT2D eigenvalue weighted by Crippen LogP contribution is -2.41. The van der Waals surface area contributed by atoms with Crippen LogP contribution in [0.2, 0.25) is 5.02 Å². The van der Waals surface area contributed by atoms with E-state index in [9.17, 15) is 12.8 Å². The van der Waals surface area contributed by atoms with E-state index in [1.165, 1.54) is 18.2 Å². The van der Waals surface area contributed by atoms with Gasteiger partial charge in [0.15, 0.2) is 0 Å². The van der Waals surface area contributed by atoms with E-state index >= 15 is 0 Å². The number of likely N-dealkylation sites (N-methyl/N-ethyl adjacent to an activating group) is 1. The third kappa shape index (κ3) is 3.49. The first-order chi connectivity index (χ1) is 9.44. The lowest BCUT2D eigenvalue weighted by molar-refractivity contribution is 0.378. The van der Waals surface area contributed by atoms with Crippen molar-refractivity contribution in [3.05, 3.63) is 34.6 Å². The van der Waals surface area contributed by atoms with E-state index in [1.54, 1.807) is 4.31 Å². The van der Waals surface area contributed by atoms with Gasteiger partial charge in [0.2, 0.25) is 10.0 Å². The van der Waals surface area contributed by atoms with Gasteiger partial charge in [-0.05, 0) is 37.6 Å². The Bertz CT molecular complexity index is 580. The second kappa shape index (κ2) is 6.39. The zero-order valence-corrected chi connectivity index (χ0v) is 12.8. The minimum Gasteiger partial charge on any atom is -0.318 e. The Kier molecular flexibility index (Phi) is 5.01. The second-order valence-corrected chi connectivity index (χ2v) is 7.30. The molecular weight excluding hydrogens is 303 g/mol. The Balaban J connectivity index is 2.16. The standard InChI is InChI=1S/C13H18ClFN2O2S/c1-16-8-11-3-2-6-17(11)20(18,19)9-10-4-5-13(15)12(14)7-10/h4-5,7,11,16H,2-3,6,8-9H2,1H3. The molecule has 1 unspecified atom stereocenters. The van der Waals surface area contributed by atoms with Gasteiger partial charge in [-0.1, -0.05) is 17.7 Å². The van der Waals surface area contributed by atoms with Gasteiger partial charge in [-0.2, -0.15) is 4.31 Å². The number of hydrogen-bond acceptors (Lipinski definition) is 3. The molecule has 0 radical (unpaired) electrons. The number of rotatable bonds is 5. The molecule has 20 heavy (non-hydrogen) atoms. The lowest BCUT2D eigenvalue weighted by atomic mass is 10.2. The second-order valence-electron chi connectivity index (χ2n) is 4.97. The predicted octanol–water partition coefficient (Wildman–Crippen LogP) is 1.99. The molecule has 0 aromatic heterocycles. The van der Waals surface area contributed by atoms with Crippen LogP contribution in [-0.2, 0) is 15.8 Å². The van der Waals surface area contributed by atoms with E-state index in [2.05, 4.69) is 5.32 Å². The van der Waals surface area contributed by atoms with Crippen molar-refractivity contribution >= 4 is 21.6 Å². The molecule has 1 heterocycles. The topological polar surface area (TPSA) is 49.4 Å². The monoisotopic (exact) mass is 320 g/mol. The summed E-state index contributed by atoms with van der Waals surface area (Å²) in [7, 11) is -1.59. The molecular formula is C13H18ClFN2O2S.